The van der Waals surface area contributed by atoms with Crippen molar-refractivity contribution in [1.29, 1.82) is 0 Å². The maximum Gasteiger partial charge on any atom is 0.244 e. The van der Waals surface area contributed by atoms with E-state index in [0.29, 0.717) is 13.1 Å². The SMILES string of the molecule is O=C(/C=C/c1ccc(F)cc1)NCc1ccc(Cn2cncn2)cc1. The normalized spacial score (nSPS) is 10.9. The minimum Gasteiger partial charge on any atom is -0.348 e. The highest BCUT2D eigenvalue weighted by Crippen LogP contribution is 2.07. The Morgan fingerprint density at radius 1 is 1.08 bits per heavy atom. The molecule has 1 heterocycles. The highest BCUT2D eigenvalue weighted by atomic mass is 19.1. The molecule has 1 amide bonds. The van der Waals surface area contributed by atoms with Gasteiger partial charge in [0.05, 0.1) is 6.54 Å². The van der Waals surface area contributed by atoms with E-state index in [1.165, 1.54) is 24.5 Å². The first-order chi connectivity index (χ1) is 12.2. The predicted octanol–water partition coefficient (Wildman–Crippen LogP) is 2.80. The van der Waals surface area contributed by atoms with Crippen LogP contribution in [-0.2, 0) is 17.9 Å². The van der Waals surface area contributed by atoms with Gasteiger partial charge in [-0.2, -0.15) is 5.10 Å². The van der Waals surface area contributed by atoms with E-state index in [4.69, 9.17) is 0 Å². The molecule has 6 heteroatoms. The summed E-state index contributed by atoms with van der Waals surface area (Å²) in [4.78, 5) is 15.8. The van der Waals surface area contributed by atoms with Gasteiger partial charge in [0.25, 0.3) is 0 Å². The van der Waals surface area contributed by atoms with E-state index in [0.717, 1.165) is 16.7 Å². The fraction of sp³-hybridized carbons (Fsp3) is 0.105. The highest BCUT2D eigenvalue weighted by molar-refractivity contribution is 5.91. The van der Waals surface area contributed by atoms with E-state index in [2.05, 4.69) is 15.4 Å². The van der Waals surface area contributed by atoms with Crippen LogP contribution in [0.15, 0.2) is 67.3 Å². The Morgan fingerprint density at radius 2 is 1.80 bits per heavy atom. The number of nitrogens with one attached hydrogen (secondary N) is 1. The first-order valence-corrected chi connectivity index (χ1v) is 7.81. The molecule has 3 aromatic rings. The molecule has 0 unspecified atom stereocenters. The average Bonchev–Trinajstić information content (AvgIpc) is 3.14. The molecule has 0 aliphatic carbocycles. The quantitative estimate of drug-likeness (QED) is 0.704. The Morgan fingerprint density at radius 3 is 2.48 bits per heavy atom. The fourth-order valence-electron chi connectivity index (χ4n) is 2.26. The van der Waals surface area contributed by atoms with Gasteiger partial charge < -0.3 is 5.32 Å². The summed E-state index contributed by atoms with van der Waals surface area (Å²) in [7, 11) is 0. The highest BCUT2D eigenvalue weighted by Gasteiger charge is 1.99. The molecule has 0 spiro atoms. The lowest BCUT2D eigenvalue weighted by Crippen LogP contribution is -2.20. The molecule has 0 atom stereocenters. The maximum atomic E-state index is 12.8. The van der Waals surface area contributed by atoms with Crippen LogP contribution in [0.1, 0.15) is 16.7 Å². The molecule has 0 bridgehead atoms. The monoisotopic (exact) mass is 336 g/mol. The van der Waals surface area contributed by atoms with Crippen LogP contribution in [0.3, 0.4) is 0 Å². The Balaban J connectivity index is 1.49. The van der Waals surface area contributed by atoms with Crippen molar-refractivity contribution in [1.82, 2.24) is 20.1 Å². The standard InChI is InChI=1S/C19H17FN4O/c20-18-8-5-15(6-9-18)7-10-19(25)22-11-16-1-3-17(4-2-16)12-24-14-21-13-23-24/h1-10,13-14H,11-12H2,(H,22,25)/b10-7+. The summed E-state index contributed by atoms with van der Waals surface area (Å²) in [5, 5.41) is 6.88. The minimum absolute atomic E-state index is 0.198. The lowest BCUT2D eigenvalue weighted by molar-refractivity contribution is -0.116. The Kier molecular flexibility index (Phi) is 5.31. The van der Waals surface area contributed by atoms with E-state index < -0.39 is 0 Å². The van der Waals surface area contributed by atoms with Crippen molar-refractivity contribution in [2.24, 2.45) is 0 Å². The third-order valence-electron chi connectivity index (χ3n) is 3.60. The number of hydrogen-bond acceptors (Lipinski definition) is 3. The second-order valence-corrected chi connectivity index (χ2v) is 5.51. The summed E-state index contributed by atoms with van der Waals surface area (Å²) < 4.78 is 14.6. The lowest BCUT2D eigenvalue weighted by Gasteiger charge is -2.05. The second-order valence-electron chi connectivity index (χ2n) is 5.51. The van der Waals surface area contributed by atoms with Crippen molar-refractivity contribution in [3.05, 3.63) is 89.8 Å². The van der Waals surface area contributed by atoms with Crippen LogP contribution in [-0.4, -0.2) is 20.7 Å². The van der Waals surface area contributed by atoms with E-state index in [1.807, 2.05) is 24.3 Å². The summed E-state index contributed by atoms with van der Waals surface area (Å²) in [6.45, 7) is 1.10. The second kappa shape index (κ2) is 8.01. The molecule has 2 aromatic carbocycles. The number of aromatic nitrogens is 3. The smallest absolute Gasteiger partial charge is 0.244 e. The lowest BCUT2D eigenvalue weighted by atomic mass is 10.1. The van der Waals surface area contributed by atoms with Crippen LogP contribution in [0.4, 0.5) is 4.39 Å². The van der Waals surface area contributed by atoms with E-state index in [-0.39, 0.29) is 11.7 Å². The molecular weight excluding hydrogens is 319 g/mol. The van der Waals surface area contributed by atoms with Gasteiger partial charge in [-0.15, -0.1) is 0 Å². The van der Waals surface area contributed by atoms with Crippen LogP contribution in [0.25, 0.3) is 6.08 Å². The summed E-state index contributed by atoms with van der Waals surface area (Å²) in [6.07, 6.45) is 6.26. The Bertz CT molecular complexity index is 840. The molecule has 1 N–H and O–H groups in total. The fourth-order valence-corrected chi connectivity index (χ4v) is 2.26. The van der Waals surface area contributed by atoms with Crippen LogP contribution < -0.4 is 5.32 Å². The van der Waals surface area contributed by atoms with Crippen molar-refractivity contribution in [3.8, 4) is 0 Å². The molecule has 0 aliphatic rings. The number of benzene rings is 2. The first-order valence-electron chi connectivity index (χ1n) is 7.81. The summed E-state index contributed by atoms with van der Waals surface area (Å²) >= 11 is 0. The van der Waals surface area contributed by atoms with E-state index in [1.54, 1.807) is 29.2 Å². The Labute approximate surface area is 144 Å². The van der Waals surface area contributed by atoms with Gasteiger partial charge in [0, 0.05) is 12.6 Å². The zero-order valence-electron chi connectivity index (χ0n) is 13.5. The zero-order chi connectivity index (χ0) is 17.5. The van der Waals surface area contributed by atoms with Gasteiger partial charge in [-0.3, -0.25) is 4.79 Å². The van der Waals surface area contributed by atoms with Gasteiger partial charge in [-0.1, -0.05) is 36.4 Å². The molecular formula is C19H17FN4O. The van der Waals surface area contributed by atoms with E-state index >= 15 is 0 Å². The van der Waals surface area contributed by atoms with Crippen molar-refractivity contribution in [3.63, 3.8) is 0 Å². The number of carbonyl (C=O) groups excluding carboxylic acids is 1. The molecule has 126 valence electrons. The topological polar surface area (TPSA) is 59.8 Å². The largest absolute Gasteiger partial charge is 0.348 e. The third-order valence-corrected chi connectivity index (χ3v) is 3.60. The van der Waals surface area contributed by atoms with Gasteiger partial charge in [0.15, 0.2) is 0 Å². The van der Waals surface area contributed by atoms with Crippen LogP contribution in [0, 0.1) is 5.82 Å². The van der Waals surface area contributed by atoms with Gasteiger partial charge in [-0.25, -0.2) is 14.1 Å². The van der Waals surface area contributed by atoms with Crippen LogP contribution in [0.2, 0.25) is 0 Å². The predicted molar refractivity (Wildman–Crippen MR) is 92.8 cm³/mol. The van der Waals surface area contributed by atoms with Gasteiger partial charge >= 0.3 is 0 Å². The number of carbonyl (C=O) groups is 1. The molecule has 0 fully saturated rings. The van der Waals surface area contributed by atoms with Crippen molar-refractivity contribution in [2.75, 3.05) is 0 Å². The van der Waals surface area contributed by atoms with Crippen LogP contribution >= 0.6 is 0 Å². The molecule has 3 rings (SSSR count). The number of nitrogens with zero attached hydrogens (tertiary/aromatic N) is 3. The number of rotatable bonds is 6. The molecule has 1 aromatic heterocycles. The molecule has 0 saturated heterocycles. The Hall–Kier alpha value is -3.28. The minimum atomic E-state index is -0.297. The van der Waals surface area contributed by atoms with Crippen molar-refractivity contribution >= 4 is 12.0 Å². The van der Waals surface area contributed by atoms with Gasteiger partial charge in [-0.05, 0) is 34.9 Å². The molecule has 5 nitrogen and oxygen atoms in total. The van der Waals surface area contributed by atoms with Crippen molar-refractivity contribution < 1.29 is 9.18 Å². The van der Waals surface area contributed by atoms with Gasteiger partial charge in [0.1, 0.15) is 18.5 Å². The number of hydrogen-bond donors (Lipinski definition) is 1. The van der Waals surface area contributed by atoms with E-state index in [9.17, 15) is 9.18 Å². The summed E-state index contributed by atoms with van der Waals surface area (Å²) in [6, 6.07) is 13.9. The maximum absolute atomic E-state index is 12.8. The van der Waals surface area contributed by atoms with Gasteiger partial charge in [0.2, 0.25) is 5.91 Å². The first kappa shape index (κ1) is 16.6. The number of halogens is 1. The zero-order valence-corrected chi connectivity index (χ0v) is 13.5. The molecule has 25 heavy (non-hydrogen) atoms. The third kappa shape index (κ3) is 5.10. The summed E-state index contributed by atoms with van der Waals surface area (Å²) in [5.74, 6) is -0.495. The number of amides is 1. The van der Waals surface area contributed by atoms with Crippen molar-refractivity contribution in [2.45, 2.75) is 13.1 Å². The average molecular weight is 336 g/mol. The molecule has 0 saturated carbocycles. The summed E-state index contributed by atoms with van der Waals surface area (Å²) in [5.41, 5.74) is 2.89. The molecule has 0 radical (unpaired) electrons. The van der Waals surface area contributed by atoms with Crippen LogP contribution in [0.5, 0.6) is 0 Å². The molecule has 0 aliphatic heterocycles.